The van der Waals surface area contributed by atoms with Crippen LogP contribution in [0.15, 0.2) is 60.7 Å². The first-order chi connectivity index (χ1) is 13.6. The van der Waals surface area contributed by atoms with Crippen LogP contribution in [0.5, 0.6) is 11.5 Å². The lowest BCUT2D eigenvalue weighted by molar-refractivity contribution is -0.129. The molecule has 0 spiro atoms. The summed E-state index contributed by atoms with van der Waals surface area (Å²) in [6.45, 7) is 2.05. The zero-order valence-electron chi connectivity index (χ0n) is 15.3. The Bertz CT molecular complexity index is 1040. The second-order valence-corrected chi connectivity index (χ2v) is 6.48. The minimum atomic E-state index is -0.916. The fraction of sp³-hybridized carbons (Fsp3) is 0.182. The van der Waals surface area contributed by atoms with Crippen molar-refractivity contribution >= 4 is 22.6 Å². The molecule has 0 aromatic heterocycles. The number of benzene rings is 3. The molecule has 0 saturated carbocycles. The van der Waals surface area contributed by atoms with Crippen LogP contribution in [0, 0.1) is 0 Å². The van der Waals surface area contributed by atoms with Crippen LogP contribution >= 0.6 is 0 Å². The molecule has 1 aliphatic heterocycles. The van der Waals surface area contributed by atoms with Crippen molar-refractivity contribution in [1.29, 1.82) is 0 Å². The van der Waals surface area contributed by atoms with Crippen LogP contribution in [-0.4, -0.2) is 24.8 Å². The summed E-state index contributed by atoms with van der Waals surface area (Å²) in [6.07, 6.45) is -0.916. The normalized spacial score (nSPS) is 13.2. The van der Waals surface area contributed by atoms with Gasteiger partial charge in [0.05, 0.1) is 5.56 Å². The molecule has 3 aromatic carbocycles. The lowest BCUT2D eigenvalue weighted by atomic mass is 10.0. The van der Waals surface area contributed by atoms with E-state index in [-0.39, 0.29) is 12.7 Å². The first-order valence-electron chi connectivity index (χ1n) is 8.97. The summed E-state index contributed by atoms with van der Waals surface area (Å²) in [4.78, 5) is 24.9. The molecule has 1 atom stereocenters. The van der Waals surface area contributed by atoms with Crippen molar-refractivity contribution in [3.05, 3.63) is 71.8 Å². The van der Waals surface area contributed by atoms with E-state index < -0.39 is 12.1 Å². The Morgan fingerprint density at radius 2 is 1.82 bits per heavy atom. The molecule has 0 aliphatic carbocycles. The van der Waals surface area contributed by atoms with Gasteiger partial charge in [-0.25, -0.2) is 4.79 Å². The molecular weight excluding hydrogens is 358 g/mol. The van der Waals surface area contributed by atoms with E-state index in [0.29, 0.717) is 23.6 Å². The standard InChI is InChI=1S/C22H19NO5/c1-14(21(24)23-12-15-9-10-19-20(11-15)27-13-26-19)28-22(25)18-8-4-6-16-5-2-3-7-17(16)18/h2-11,14H,12-13H2,1H3,(H,23,24). The fourth-order valence-corrected chi connectivity index (χ4v) is 3.06. The second-order valence-electron chi connectivity index (χ2n) is 6.48. The first-order valence-corrected chi connectivity index (χ1v) is 8.97. The lowest BCUT2D eigenvalue weighted by Crippen LogP contribution is -2.35. The van der Waals surface area contributed by atoms with Gasteiger partial charge in [0.15, 0.2) is 17.6 Å². The summed E-state index contributed by atoms with van der Waals surface area (Å²) in [7, 11) is 0. The zero-order chi connectivity index (χ0) is 19.5. The average molecular weight is 377 g/mol. The highest BCUT2D eigenvalue weighted by Crippen LogP contribution is 2.32. The van der Waals surface area contributed by atoms with Crippen molar-refractivity contribution in [2.75, 3.05) is 6.79 Å². The fourth-order valence-electron chi connectivity index (χ4n) is 3.06. The van der Waals surface area contributed by atoms with Gasteiger partial charge in [-0.2, -0.15) is 0 Å². The highest BCUT2D eigenvalue weighted by molar-refractivity contribution is 6.05. The summed E-state index contributed by atoms with van der Waals surface area (Å²) < 4.78 is 16.0. The predicted octanol–water partition coefficient (Wildman–Crippen LogP) is 3.43. The van der Waals surface area contributed by atoms with Crippen LogP contribution in [0.25, 0.3) is 10.8 Å². The maximum Gasteiger partial charge on any atom is 0.339 e. The van der Waals surface area contributed by atoms with Crippen LogP contribution in [0.1, 0.15) is 22.8 Å². The van der Waals surface area contributed by atoms with Gasteiger partial charge in [0.25, 0.3) is 5.91 Å². The van der Waals surface area contributed by atoms with Gasteiger partial charge in [0.1, 0.15) is 0 Å². The number of rotatable bonds is 5. The number of ether oxygens (including phenoxy) is 3. The number of esters is 1. The summed E-state index contributed by atoms with van der Waals surface area (Å²) in [6, 6.07) is 18.4. The number of nitrogens with one attached hydrogen (secondary N) is 1. The minimum absolute atomic E-state index is 0.201. The molecule has 1 N–H and O–H groups in total. The predicted molar refractivity (Wildman–Crippen MR) is 103 cm³/mol. The van der Waals surface area contributed by atoms with Crippen molar-refractivity contribution < 1.29 is 23.8 Å². The van der Waals surface area contributed by atoms with Gasteiger partial charge in [0, 0.05) is 6.54 Å². The molecule has 0 radical (unpaired) electrons. The molecule has 142 valence electrons. The molecule has 4 rings (SSSR count). The lowest BCUT2D eigenvalue weighted by Gasteiger charge is -2.14. The maximum atomic E-state index is 12.5. The molecule has 3 aromatic rings. The van der Waals surface area contributed by atoms with Crippen molar-refractivity contribution in [2.45, 2.75) is 19.6 Å². The third-order valence-electron chi connectivity index (χ3n) is 4.57. The number of hydrogen-bond donors (Lipinski definition) is 1. The number of fused-ring (bicyclic) bond motifs is 2. The van der Waals surface area contributed by atoms with Crippen molar-refractivity contribution in [3.63, 3.8) is 0 Å². The van der Waals surface area contributed by atoms with E-state index in [0.717, 1.165) is 16.3 Å². The van der Waals surface area contributed by atoms with Gasteiger partial charge >= 0.3 is 5.97 Å². The Morgan fingerprint density at radius 1 is 1.04 bits per heavy atom. The Morgan fingerprint density at radius 3 is 2.71 bits per heavy atom. The van der Waals surface area contributed by atoms with Gasteiger partial charge < -0.3 is 19.5 Å². The van der Waals surface area contributed by atoms with Gasteiger partial charge in [-0.1, -0.05) is 42.5 Å². The van der Waals surface area contributed by atoms with Gasteiger partial charge in [-0.3, -0.25) is 4.79 Å². The Balaban J connectivity index is 1.38. The van der Waals surface area contributed by atoms with Crippen molar-refractivity contribution in [1.82, 2.24) is 5.32 Å². The summed E-state index contributed by atoms with van der Waals surface area (Å²) in [5.41, 5.74) is 1.30. The average Bonchev–Trinajstić information content (AvgIpc) is 3.19. The van der Waals surface area contributed by atoms with Crippen molar-refractivity contribution in [3.8, 4) is 11.5 Å². The molecule has 0 bridgehead atoms. The third-order valence-corrected chi connectivity index (χ3v) is 4.57. The largest absolute Gasteiger partial charge is 0.454 e. The van der Waals surface area contributed by atoms with E-state index in [1.807, 2.05) is 42.5 Å². The van der Waals surface area contributed by atoms with Crippen molar-refractivity contribution in [2.24, 2.45) is 0 Å². The molecule has 1 heterocycles. The van der Waals surface area contributed by atoms with E-state index in [2.05, 4.69) is 5.32 Å². The topological polar surface area (TPSA) is 73.9 Å². The van der Waals surface area contributed by atoms with Crippen LogP contribution in [0.4, 0.5) is 0 Å². The Hall–Kier alpha value is -3.54. The molecule has 6 heteroatoms. The van der Waals surface area contributed by atoms with E-state index in [4.69, 9.17) is 14.2 Å². The molecule has 0 saturated heterocycles. The maximum absolute atomic E-state index is 12.5. The molecule has 0 fully saturated rings. The highest BCUT2D eigenvalue weighted by atomic mass is 16.7. The number of amides is 1. The summed E-state index contributed by atoms with van der Waals surface area (Å²) in [5, 5.41) is 4.51. The second kappa shape index (κ2) is 7.60. The molecular formula is C22H19NO5. The van der Waals surface area contributed by atoms with Crippen LogP contribution < -0.4 is 14.8 Å². The molecule has 1 unspecified atom stereocenters. The number of hydrogen-bond acceptors (Lipinski definition) is 5. The SMILES string of the molecule is CC(OC(=O)c1cccc2ccccc12)C(=O)NCc1ccc2c(c1)OCO2. The van der Waals surface area contributed by atoms with Crippen LogP contribution in [0.2, 0.25) is 0 Å². The molecule has 6 nitrogen and oxygen atoms in total. The Labute approximate surface area is 162 Å². The van der Waals surface area contributed by atoms with E-state index in [1.54, 1.807) is 25.1 Å². The Kier molecular flexibility index (Phi) is 4.85. The highest BCUT2D eigenvalue weighted by Gasteiger charge is 2.20. The van der Waals surface area contributed by atoms with Gasteiger partial charge in [0.2, 0.25) is 6.79 Å². The minimum Gasteiger partial charge on any atom is -0.454 e. The van der Waals surface area contributed by atoms with Gasteiger partial charge in [-0.15, -0.1) is 0 Å². The van der Waals surface area contributed by atoms with E-state index in [9.17, 15) is 9.59 Å². The van der Waals surface area contributed by atoms with Crippen LogP contribution in [0.3, 0.4) is 0 Å². The molecule has 1 aliphatic rings. The summed E-state index contributed by atoms with van der Waals surface area (Å²) >= 11 is 0. The summed E-state index contributed by atoms with van der Waals surface area (Å²) in [5.74, 6) is 0.448. The smallest absolute Gasteiger partial charge is 0.339 e. The third kappa shape index (κ3) is 3.62. The zero-order valence-corrected chi connectivity index (χ0v) is 15.3. The van der Waals surface area contributed by atoms with Crippen LogP contribution in [-0.2, 0) is 16.1 Å². The van der Waals surface area contributed by atoms with E-state index in [1.165, 1.54) is 0 Å². The quantitative estimate of drug-likeness (QED) is 0.690. The monoisotopic (exact) mass is 377 g/mol. The van der Waals surface area contributed by atoms with Gasteiger partial charge in [-0.05, 0) is 41.5 Å². The van der Waals surface area contributed by atoms with E-state index >= 15 is 0 Å². The molecule has 28 heavy (non-hydrogen) atoms. The molecule has 1 amide bonds. The first kappa shape index (κ1) is 17.9. The number of carbonyl (C=O) groups is 2. The number of carbonyl (C=O) groups excluding carboxylic acids is 2.